The van der Waals surface area contributed by atoms with Crippen LogP contribution in [0.1, 0.15) is 24.5 Å². The Morgan fingerprint density at radius 3 is 2.26 bits per heavy atom. The van der Waals surface area contributed by atoms with Crippen molar-refractivity contribution in [1.29, 1.82) is 0 Å². The summed E-state index contributed by atoms with van der Waals surface area (Å²) in [6.45, 7) is 2.33. The van der Waals surface area contributed by atoms with Gasteiger partial charge < -0.3 is 13.7 Å². The average molecular weight is 743 g/mol. The Bertz CT molecular complexity index is 1670. The highest BCUT2D eigenvalue weighted by Crippen LogP contribution is 2.37. The number of hydrogen-bond donors (Lipinski definition) is 1. The lowest BCUT2D eigenvalue weighted by atomic mass is 10.1. The average Bonchev–Trinajstić information content (AvgIpc) is 2.94. The molecule has 4 amide bonds. The number of urea groups is 1. The van der Waals surface area contributed by atoms with Crippen LogP contribution in [0.25, 0.3) is 6.08 Å². The first-order valence-corrected chi connectivity index (χ1v) is 15.7. The van der Waals surface area contributed by atoms with Crippen LogP contribution < -0.4 is 19.0 Å². The fourth-order valence-corrected chi connectivity index (χ4v) is 6.52. The van der Waals surface area contributed by atoms with Gasteiger partial charge in [-0.2, -0.15) is 8.42 Å². The number of hydrogen-bond acceptors (Lipinski definition) is 8. The number of nitrogens with one attached hydrogen (secondary N) is 1. The van der Waals surface area contributed by atoms with E-state index in [-0.39, 0.29) is 31.7 Å². The summed E-state index contributed by atoms with van der Waals surface area (Å²) in [4.78, 5) is 39.3. The first kappa shape index (κ1) is 31.5. The van der Waals surface area contributed by atoms with Gasteiger partial charge in [0.1, 0.15) is 10.5 Å². The molecular formula is C28H23Br2ClN2O8S. The van der Waals surface area contributed by atoms with Crippen LogP contribution in [-0.4, -0.2) is 44.9 Å². The number of barbiturate groups is 1. The Kier molecular flexibility index (Phi) is 9.97. The molecule has 0 unspecified atom stereocenters. The molecule has 4 rings (SSSR count). The van der Waals surface area contributed by atoms with Crippen molar-refractivity contribution in [3.05, 3.63) is 85.3 Å². The molecule has 0 aliphatic carbocycles. The smallest absolute Gasteiger partial charge is 0.339 e. The van der Waals surface area contributed by atoms with Gasteiger partial charge in [-0.05, 0) is 104 Å². The molecular weight excluding hydrogens is 720 g/mol. The van der Waals surface area contributed by atoms with Crippen molar-refractivity contribution >= 4 is 77.5 Å². The first-order chi connectivity index (χ1) is 19.9. The quantitative estimate of drug-likeness (QED) is 0.150. The van der Waals surface area contributed by atoms with Crippen LogP contribution in [0.15, 0.2) is 74.0 Å². The van der Waals surface area contributed by atoms with E-state index in [1.54, 1.807) is 18.2 Å². The lowest BCUT2D eigenvalue weighted by Gasteiger charge is -2.26. The van der Waals surface area contributed by atoms with E-state index in [4.69, 9.17) is 25.3 Å². The Hall–Kier alpha value is -3.39. The van der Waals surface area contributed by atoms with E-state index in [1.165, 1.54) is 49.6 Å². The molecule has 0 spiro atoms. The van der Waals surface area contributed by atoms with Gasteiger partial charge in [0.15, 0.2) is 17.2 Å². The largest absolute Gasteiger partial charge is 0.493 e. The molecule has 0 bridgehead atoms. The number of ether oxygens (including phenoxy) is 2. The fraction of sp³-hybridized carbons (Fsp3) is 0.179. The summed E-state index contributed by atoms with van der Waals surface area (Å²) >= 11 is 12.4. The minimum absolute atomic E-state index is 0.0522. The van der Waals surface area contributed by atoms with Crippen LogP contribution in [0, 0.1) is 0 Å². The summed E-state index contributed by atoms with van der Waals surface area (Å²) in [5.74, 6) is -0.777. The highest BCUT2D eigenvalue weighted by Gasteiger charge is 2.36. The van der Waals surface area contributed by atoms with Gasteiger partial charge in [0, 0.05) is 5.02 Å². The molecule has 3 aromatic carbocycles. The molecule has 42 heavy (non-hydrogen) atoms. The maximum atomic E-state index is 13.3. The van der Waals surface area contributed by atoms with Crippen LogP contribution in [0.4, 0.5) is 4.79 Å². The number of methoxy groups -OCH3 is 1. The Morgan fingerprint density at radius 1 is 0.976 bits per heavy atom. The third-order valence-corrected chi connectivity index (χ3v) is 8.51. The Balaban J connectivity index is 1.59. The second-order valence-electron chi connectivity index (χ2n) is 8.85. The summed E-state index contributed by atoms with van der Waals surface area (Å²) in [6, 6.07) is 12.5. The maximum absolute atomic E-state index is 13.3. The number of rotatable bonds is 10. The van der Waals surface area contributed by atoms with Crippen molar-refractivity contribution in [3.63, 3.8) is 0 Å². The highest BCUT2D eigenvalue weighted by molar-refractivity contribution is 9.11. The maximum Gasteiger partial charge on any atom is 0.339 e. The Morgan fingerprint density at radius 2 is 1.64 bits per heavy atom. The topological polar surface area (TPSA) is 128 Å². The van der Waals surface area contributed by atoms with Crippen LogP contribution in [0.5, 0.6) is 17.2 Å². The van der Waals surface area contributed by atoms with E-state index < -0.39 is 28.0 Å². The van der Waals surface area contributed by atoms with E-state index in [0.29, 0.717) is 34.3 Å². The van der Waals surface area contributed by atoms with Gasteiger partial charge in [0.25, 0.3) is 11.8 Å². The zero-order valence-corrected chi connectivity index (χ0v) is 26.9. The molecule has 0 radical (unpaired) electrons. The minimum atomic E-state index is -4.20. The van der Waals surface area contributed by atoms with Crippen molar-refractivity contribution in [2.45, 2.75) is 24.8 Å². The number of nitrogens with zero attached hydrogens (tertiary/aromatic N) is 1. The van der Waals surface area contributed by atoms with Crippen molar-refractivity contribution in [2.75, 3.05) is 13.7 Å². The minimum Gasteiger partial charge on any atom is -0.493 e. The van der Waals surface area contributed by atoms with E-state index in [0.717, 1.165) is 11.3 Å². The molecule has 220 valence electrons. The zero-order chi connectivity index (χ0) is 30.6. The molecule has 1 heterocycles. The molecule has 1 aliphatic rings. The lowest BCUT2D eigenvalue weighted by Crippen LogP contribution is -2.53. The number of benzene rings is 3. The summed E-state index contributed by atoms with van der Waals surface area (Å²) in [5.41, 5.74) is 0.615. The molecule has 1 aliphatic heterocycles. The molecule has 14 heteroatoms. The summed E-state index contributed by atoms with van der Waals surface area (Å²) in [5, 5.41) is 2.54. The first-order valence-electron chi connectivity index (χ1n) is 12.3. The van der Waals surface area contributed by atoms with Gasteiger partial charge in [-0.3, -0.25) is 19.8 Å². The second-order valence-corrected chi connectivity index (χ2v) is 12.5. The third-order valence-electron chi connectivity index (χ3n) is 5.84. The lowest BCUT2D eigenvalue weighted by molar-refractivity contribution is -0.130. The number of halogens is 3. The van der Waals surface area contributed by atoms with Crippen LogP contribution >= 0.6 is 43.5 Å². The monoisotopic (exact) mass is 740 g/mol. The van der Waals surface area contributed by atoms with E-state index in [2.05, 4.69) is 37.2 Å². The van der Waals surface area contributed by atoms with Crippen LogP contribution in [0.3, 0.4) is 0 Å². The molecule has 1 saturated heterocycles. The van der Waals surface area contributed by atoms with Crippen molar-refractivity contribution in [2.24, 2.45) is 0 Å². The normalized spacial score (nSPS) is 14.6. The van der Waals surface area contributed by atoms with Gasteiger partial charge in [-0.15, -0.1) is 0 Å². The number of carbonyl (C=O) groups is 3. The van der Waals surface area contributed by atoms with Crippen LogP contribution in [-0.2, 0) is 26.3 Å². The number of carbonyl (C=O) groups excluding carboxylic acids is 3. The van der Waals surface area contributed by atoms with E-state index in [1.807, 2.05) is 6.92 Å². The summed E-state index contributed by atoms with van der Waals surface area (Å²) in [6.07, 6.45) is 2.09. The van der Waals surface area contributed by atoms with E-state index >= 15 is 0 Å². The van der Waals surface area contributed by atoms with Crippen molar-refractivity contribution in [3.8, 4) is 17.2 Å². The molecule has 0 aromatic heterocycles. The van der Waals surface area contributed by atoms with Gasteiger partial charge >= 0.3 is 16.1 Å². The molecule has 3 aromatic rings. The van der Waals surface area contributed by atoms with Gasteiger partial charge in [-0.1, -0.05) is 24.6 Å². The predicted molar refractivity (Wildman–Crippen MR) is 162 cm³/mol. The predicted octanol–water partition coefficient (Wildman–Crippen LogP) is 6.09. The van der Waals surface area contributed by atoms with Crippen LogP contribution in [0.2, 0.25) is 5.02 Å². The Labute approximate surface area is 264 Å². The second kappa shape index (κ2) is 13.3. The highest BCUT2D eigenvalue weighted by atomic mass is 79.9. The van der Waals surface area contributed by atoms with Gasteiger partial charge in [0.2, 0.25) is 0 Å². The van der Waals surface area contributed by atoms with Crippen molar-refractivity contribution in [1.82, 2.24) is 10.2 Å². The fourth-order valence-electron chi connectivity index (χ4n) is 3.83. The molecule has 0 saturated carbocycles. The standard InChI is InChI=1S/C28H23Br2ClN2O8S/c1-3-10-40-23-9-4-16(14-24(23)39-2)15-33-27(35)20(26(34)32-28(33)36)11-17-12-21(29)25(22(30)13-17)41-42(37,38)19-7-5-18(31)6-8-19/h4-9,11-14H,3,10,15H2,1-2H3,(H,32,34,36)/b20-11+. The summed E-state index contributed by atoms with van der Waals surface area (Å²) < 4.78 is 42.3. The zero-order valence-electron chi connectivity index (χ0n) is 22.2. The number of amides is 4. The van der Waals surface area contributed by atoms with E-state index in [9.17, 15) is 22.8 Å². The van der Waals surface area contributed by atoms with Gasteiger partial charge in [0.05, 0.1) is 29.2 Å². The van der Waals surface area contributed by atoms with Gasteiger partial charge in [-0.25, -0.2) is 4.79 Å². The molecule has 1 fully saturated rings. The number of imide groups is 2. The van der Waals surface area contributed by atoms with Crippen molar-refractivity contribution < 1.29 is 36.5 Å². The summed E-state index contributed by atoms with van der Waals surface area (Å²) in [7, 11) is -2.72. The SMILES string of the molecule is CCCOc1ccc(CN2C(=O)NC(=O)/C(=C\c3cc(Br)c(OS(=O)(=O)c4ccc(Cl)cc4)c(Br)c3)C2=O)cc1OC. The third kappa shape index (κ3) is 7.14. The molecule has 10 nitrogen and oxygen atoms in total. The molecule has 1 N–H and O–H groups in total. The molecule has 0 atom stereocenters.